The second kappa shape index (κ2) is 28.9. The van der Waals surface area contributed by atoms with Crippen LogP contribution in [0, 0.1) is 41.4 Å². The first kappa shape index (κ1) is 67.6. The minimum Gasteiger partial charge on any atom is -0.497 e. The van der Waals surface area contributed by atoms with Gasteiger partial charge in [-0.25, -0.2) is 0 Å². The molecule has 1 saturated heterocycles. The third kappa shape index (κ3) is 20.0. The summed E-state index contributed by atoms with van der Waals surface area (Å²) in [5.41, 5.74) is 2.27. The van der Waals surface area contributed by atoms with Crippen molar-refractivity contribution in [3.63, 3.8) is 0 Å². The van der Waals surface area contributed by atoms with Gasteiger partial charge in [0, 0.05) is 56.1 Å². The third-order valence-electron chi connectivity index (χ3n) is 17.1. The fourth-order valence-electron chi connectivity index (χ4n) is 9.25. The van der Waals surface area contributed by atoms with E-state index in [1.807, 2.05) is 31.2 Å². The van der Waals surface area contributed by atoms with E-state index in [9.17, 15) is 4.79 Å². The van der Waals surface area contributed by atoms with Gasteiger partial charge in [-0.1, -0.05) is 147 Å². The van der Waals surface area contributed by atoms with Crippen LogP contribution in [0.5, 0.6) is 5.75 Å². The molecule has 0 radical (unpaired) electrons. The first-order valence-electron chi connectivity index (χ1n) is 27.4. The number of rotatable bonds is 30. The molecule has 14 atom stereocenters. The summed E-state index contributed by atoms with van der Waals surface area (Å²) in [5.74, 6) is 0.706. The zero-order chi connectivity index (χ0) is 56.1. The number of hydrogen-bond acceptors (Lipinski definition) is 11. The lowest BCUT2D eigenvalue weighted by Gasteiger charge is -2.51. The SMILES string of the molecule is COCO[C@@H]([C@@H](C)C=C[C@H](C[C@@H]1O[C@@H](O[Si](C)(C)C(C)(C)C)[C@H](C)[C@@H](O[Si](C)(C)C(C)(C)C)[C@H]1C)OCOC)[C@@H](C)C=C(C)C[C@H](C)[C@@H](O[Si](C)(C)C(C)(C)C)[C@H](C)[C@@H](OCc1ccc(OC)cc1)[C@@H](C)C=O. The molecule has 14 heteroatoms. The molecule has 2 rings (SSSR count). The van der Waals surface area contributed by atoms with Crippen molar-refractivity contribution in [2.24, 2.45) is 41.4 Å². The zero-order valence-corrected chi connectivity index (χ0v) is 54.2. The Labute approximate surface area is 450 Å². The molecular weight excluding hydrogens is 969 g/mol. The van der Waals surface area contributed by atoms with E-state index in [2.05, 4.69) is 168 Å². The molecule has 73 heavy (non-hydrogen) atoms. The predicted octanol–water partition coefficient (Wildman–Crippen LogP) is 15.0. The Morgan fingerprint density at radius 3 is 1.70 bits per heavy atom. The Balaban J connectivity index is 2.50. The molecule has 0 spiro atoms. The molecule has 0 saturated carbocycles. The summed E-state index contributed by atoms with van der Waals surface area (Å²) in [7, 11) is -1.62. The van der Waals surface area contributed by atoms with Crippen LogP contribution in [0.2, 0.25) is 54.4 Å². The quantitative estimate of drug-likeness (QED) is 0.0318. The highest BCUT2D eigenvalue weighted by molar-refractivity contribution is 6.75. The van der Waals surface area contributed by atoms with E-state index < -0.39 is 31.2 Å². The molecule has 1 aliphatic heterocycles. The second-order valence-electron chi connectivity index (χ2n) is 26.5. The lowest BCUT2D eigenvalue weighted by molar-refractivity contribution is -0.237. The first-order valence-corrected chi connectivity index (χ1v) is 36.2. The third-order valence-corrected chi connectivity index (χ3v) is 30.5. The standard InChI is InChI=1S/C59H110O11Si3/c1-40(34-43(4)54(68-71(21,22)57(9,10)11)46(7)53(44(5)36-60)64-37-48-28-31-49(63-20)32-29-48)33-42(3)52(66-39-62-19)41(2)27-30-50(65-38-61-18)35-51-45(6)55(69-72(23,24)58(12,13)14)47(8)56(67-51)70-73(25,26)59(15,16)17/h27-33,36,41-47,50-56H,34-35,37-39H2,1-26H3/t41-,42-,43-,44-,45-,46+,47+,50+,51-,52-,53-,54+,55-,56-/m0/s1. The molecule has 424 valence electrons. The van der Waals surface area contributed by atoms with E-state index in [0.29, 0.717) is 13.0 Å². The van der Waals surface area contributed by atoms with Gasteiger partial charge < -0.3 is 51.2 Å². The fraction of sp³-hybridized carbons (Fsp3) is 0.814. The highest BCUT2D eigenvalue weighted by atomic mass is 28.4. The Kier molecular flexibility index (Phi) is 26.7. The van der Waals surface area contributed by atoms with E-state index >= 15 is 0 Å². The highest BCUT2D eigenvalue weighted by Crippen LogP contribution is 2.46. The molecule has 0 aliphatic carbocycles. The number of aldehydes is 1. The van der Waals surface area contributed by atoms with Crippen LogP contribution in [0.3, 0.4) is 0 Å². The van der Waals surface area contributed by atoms with Crippen molar-refractivity contribution in [3.8, 4) is 5.75 Å². The Morgan fingerprint density at radius 2 is 1.19 bits per heavy atom. The lowest BCUT2D eigenvalue weighted by atomic mass is 9.81. The van der Waals surface area contributed by atoms with Crippen molar-refractivity contribution in [1.82, 2.24) is 0 Å². The minimum absolute atomic E-state index is 0.00236. The monoisotopic (exact) mass is 1080 g/mol. The van der Waals surface area contributed by atoms with Gasteiger partial charge in [0.25, 0.3) is 0 Å². The van der Waals surface area contributed by atoms with Crippen molar-refractivity contribution in [3.05, 3.63) is 53.6 Å². The smallest absolute Gasteiger partial charge is 0.195 e. The summed E-state index contributed by atoms with van der Waals surface area (Å²) in [6.07, 6.45) is 7.56. The van der Waals surface area contributed by atoms with Crippen LogP contribution in [-0.4, -0.2) is 109 Å². The van der Waals surface area contributed by atoms with Gasteiger partial charge >= 0.3 is 0 Å². The van der Waals surface area contributed by atoms with Crippen molar-refractivity contribution < 1.29 is 51.2 Å². The Morgan fingerprint density at radius 1 is 0.658 bits per heavy atom. The summed E-state index contributed by atoms with van der Waals surface area (Å²) in [6.45, 7) is 52.8. The molecule has 0 unspecified atom stereocenters. The normalized spacial score (nSPS) is 23.9. The summed E-state index contributed by atoms with van der Waals surface area (Å²) in [4.78, 5) is 12.5. The van der Waals surface area contributed by atoms with Crippen LogP contribution >= 0.6 is 0 Å². The van der Waals surface area contributed by atoms with Gasteiger partial charge in [0.1, 0.15) is 25.6 Å². The van der Waals surface area contributed by atoms with Crippen LogP contribution in [0.1, 0.15) is 136 Å². The van der Waals surface area contributed by atoms with Gasteiger partial charge in [-0.15, -0.1) is 0 Å². The average Bonchev–Trinajstić information content (AvgIpc) is 3.28. The second-order valence-corrected chi connectivity index (χ2v) is 40.8. The Hall–Kier alpha value is -1.54. The van der Waals surface area contributed by atoms with Crippen LogP contribution in [0.25, 0.3) is 0 Å². The summed E-state index contributed by atoms with van der Waals surface area (Å²) < 4.78 is 64.9. The first-order chi connectivity index (χ1) is 33.5. The van der Waals surface area contributed by atoms with Crippen molar-refractivity contribution in [2.45, 2.75) is 234 Å². The number of hydrogen-bond donors (Lipinski definition) is 0. The van der Waals surface area contributed by atoms with E-state index in [4.69, 9.17) is 46.4 Å². The van der Waals surface area contributed by atoms with Gasteiger partial charge in [0.15, 0.2) is 31.2 Å². The number of benzene rings is 1. The molecule has 1 aliphatic rings. The van der Waals surface area contributed by atoms with E-state index in [1.54, 1.807) is 21.3 Å². The van der Waals surface area contributed by atoms with Crippen molar-refractivity contribution >= 4 is 31.2 Å². The van der Waals surface area contributed by atoms with Crippen LogP contribution in [0.4, 0.5) is 0 Å². The maximum Gasteiger partial charge on any atom is 0.195 e. The molecule has 1 aromatic rings. The zero-order valence-electron chi connectivity index (χ0n) is 51.2. The molecule has 0 bridgehead atoms. The molecule has 1 aromatic carbocycles. The van der Waals surface area contributed by atoms with Crippen molar-refractivity contribution in [2.75, 3.05) is 34.9 Å². The maximum absolute atomic E-state index is 12.5. The molecule has 0 N–H and O–H groups in total. The number of methoxy groups -OCH3 is 3. The van der Waals surface area contributed by atoms with E-state index in [-0.39, 0.29) is 107 Å². The maximum atomic E-state index is 12.5. The number of ether oxygens (including phenoxy) is 7. The minimum atomic E-state index is -2.26. The number of carbonyl (C=O) groups is 1. The van der Waals surface area contributed by atoms with Gasteiger partial charge in [0.05, 0.1) is 50.3 Å². The van der Waals surface area contributed by atoms with Crippen molar-refractivity contribution in [1.29, 1.82) is 0 Å². The topological polar surface area (TPSA) is 109 Å². The summed E-state index contributed by atoms with van der Waals surface area (Å²) in [5, 5.41) is 0.0669. The fourth-order valence-corrected chi connectivity index (χ4v) is 13.4. The van der Waals surface area contributed by atoms with Crippen LogP contribution in [0.15, 0.2) is 48.1 Å². The predicted molar refractivity (Wildman–Crippen MR) is 308 cm³/mol. The van der Waals surface area contributed by atoms with Gasteiger partial charge in [-0.3, -0.25) is 0 Å². The molecule has 11 nitrogen and oxygen atoms in total. The van der Waals surface area contributed by atoms with Crippen LogP contribution in [-0.2, 0) is 53.1 Å². The summed E-state index contributed by atoms with van der Waals surface area (Å²) >= 11 is 0. The number of carbonyl (C=O) groups excluding carboxylic acids is 1. The van der Waals surface area contributed by atoms with E-state index in [0.717, 1.165) is 24.0 Å². The molecule has 0 amide bonds. The van der Waals surface area contributed by atoms with Gasteiger partial charge in [0.2, 0.25) is 0 Å². The molecule has 1 heterocycles. The number of allylic oxidation sites excluding steroid dienone is 1. The van der Waals surface area contributed by atoms with Gasteiger partial charge in [-0.05, 0) is 91.4 Å². The molecular formula is C59H110O11Si3. The molecule has 1 fully saturated rings. The average molecular weight is 1080 g/mol. The summed E-state index contributed by atoms with van der Waals surface area (Å²) in [6, 6.07) is 7.90. The Bertz CT molecular complexity index is 1810. The van der Waals surface area contributed by atoms with E-state index in [1.165, 1.54) is 5.57 Å². The lowest BCUT2D eigenvalue weighted by Crippen LogP contribution is -2.58. The largest absolute Gasteiger partial charge is 0.497 e. The molecule has 0 aromatic heterocycles. The van der Waals surface area contributed by atoms with Gasteiger partial charge in [-0.2, -0.15) is 0 Å². The highest BCUT2D eigenvalue weighted by Gasteiger charge is 2.51. The van der Waals surface area contributed by atoms with Crippen LogP contribution < -0.4 is 4.74 Å².